The van der Waals surface area contributed by atoms with Crippen LogP contribution in [0, 0.1) is 0 Å². The van der Waals surface area contributed by atoms with Gasteiger partial charge in [-0.2, -0.15) is 8.78 Å². The van der Waals surface area contributed by atoms with E-state index < -0.39 is 6.61 Å². The Kier molecular flexibility index (Phi) is 2.70. The Balaban J connectivity index is 2.82. The summed E-state index contributed by atoms with van der Waals surface area (Å²) in [6, 6.07) is 3.97. The summed E-state index contributed by atoms with van der Waals surface area (Å²) in [7, 11) is 0. The minimum Gasteiger partial charge on any atom is -0.435 e. The highest BCUT2D eigenvalue weighted by atomic mass is 35.5. The van der Waals surface area contributed by atoms with E-state index in [0.29, 0.717) is 5.69 Å². The highest BCUT2D eigenvalue weighted by Gasteiger charge is 2.05. The van der Waals surface area contributed by atoms with Crippen molar-refractivity contribution >= 4 is 17.3 Å². The van der Waals surface area contributed by atoms with E-state index in [4.69, 9.17) is 17.3 Å². The monoisotopic (exact) mass is 193 g/mol. The van der Waals surface area contributed by atoms with Gasteiger partial charge in [-0.05, 0) is 12.1 Å². The van der Waals surface area contributed by atoms with Gasteiger partial charge in [-0.1, -0.05) is 11.6 Å². The molecule has 0 aliphatic heterocycles. The second-order valence-corrected chi connectivity index (χ2v) is 2.47. The first-order chi connectivity index (χ1) is 5.59. The van der Waals surface area contributed by atoms with Crippen molar-refractivity contribution in [3.05, 3.63) is 23.2 Å². The molecule has 0 unspecified atom stereocenters. The average Bonchev–Trinajstić information content (AvgIpc) is 1.96. The molecule has 0 saturated heterocycles. The van der Waals surface area contributed by atoms with E-state index in [2.05, 4.69) is 4.74 Å². The Hall–Kier alpha value is -1.03. The Morgan fingerprint density at radius 3 is 2.58 bits per heavy atom. The highest BCUT2D eigenvalue weighted by molar-refractivity contribution is 6.33. The molecule has 0 bridgehead atoms. The van der Waals surface area contributed by atoms with Gasteiger partial charge in [0.15, 0.2) is 0 Å². The lowest BCUT2D eigenvalue weighted by atomic mass is 10.3. The number of halogens is 3. The molecule has 1 aromatic carbocycles. The van der Waals surface area contributed by atoms with Crippen LogP contribution in [0.5, 0.6) is 5.75 Å². The maximum Gasteiger partial charge on any atom is 0.387 e. The number of hydrogen-bond acceptors (Lipinski definition) is 2. The smallest absolute Gasteiger partial charge is 0.387 e. The molecule has 0 aliphatic carbocycles. The van der Waals surface area contributed by atoms with Gasteiger partial charge in [0, 0.05) is 6.07 Å². The Morgan fingerprint density at radius 2 is 2.08 bits per heavy atom. The van der Waals surface area contributed by atoms with Crippen molar-refractivity contribution in [1.29, 1.82) is 0 Å². The fraction of sp³-hybridized carbons (Fsp3) is 0.143. The summed E-state index contributed by atoms with van der Waals surface area (Å²) in [5.74, 6) is 0.00389. The molecule has 0 saturated carbocycles. The fourth-order valence-corrected chi connectivity index (χ4v) is 0.855. The zero-order valence-corrected chi connectivity index (χ0v) is 6.68. The lowest BCUT2D eigenvalue weighted by molar-refractivity contribution is -0.0498. The van der Waals surface area contributed by atoms with Crippen molar-refractivity contribution in [2.24, 2.45) is 0 Å². The Morgan fingerprint density at radius 1 is 1.42 bits per heavy atom. The summed E-state index contributed by atoms with van der Waals surface area (Å²) in [6.07, 6.45) is 0. The molecule has 0 aromatic heterocycles. The largest absolute Gasteiger partial charge is 0.435 e. The van der Waals surface area contributed by atoms with E-state index in [-0.39, 0.29) is 10.8 Å². The molecule has 0 radical (unpaired) electrons. The van der Waals surface area contributed by atoms with Gasteiger partial charge < -0.3 is 10.5 Å². The van der Waals surface area contributed by atoms with Crippen LogP contribution in [-0.2, 0) is 0 Å². The van der Waals surface area contributed by atoms with Crippen LogP contribution >= 0.6 is 11.6 Å². The third-order valence-electron chi connectivity index (χ3n) is 1.20. The first-order valence-electron chi connectivity index (χ1n) is 3.09. The number of benzene rings is 1. The van der Waals surface area contributed by atoms with E-state index in [1.807, 2.05) is 0 Å². The van der Waals surface area contributed by atoms with Crippen LogP contribution in [0.3, 0.4) is 0 Å². The topological polar surface area (TPSA) is 35.2 Å². The molecule has 0 amide bonds. The van der Waals surface area contributed by atoms with Crippen molar-refractivity contribution in [2.45, 2.75) is 6.61 Å². The lowest BCUT2D eigenvalue weighted by Gasteiger charge is -2.04. The zero-order chi connectivity index (χ0) is 9.14. The van der Waals surface area contributed by atoms with Gasteiger partial charge in [0.1, 0.15) is 5.75 Å². The van der Waals surface area contributed by atoms with Crippen LogP contribution in [0.1, 0.15) is 0 Å². The van der Waals surface area contributed by atoms with E-state index in [9.17, 15) is 8.78 Å². The summed E-state index contributed by atoms with van der Waals surface area (Å²) in [5.41, 5.74) is 5.68. The van der Waals surface area contributed by atoms with E-state index in [1.165, 1.54) is 18.2 Å². The van der Waals surface area contributed by atoms with Crippen molar-refractivity contribution in [3.8, 4) is 5.75 Å². The summed E-state index contributed by atoms with van der Waals surface area (Å²) in [5, 5.41) is 0.202. The summed E-state index contributed by atoms with van der Waals surface area (Å²) >= 11 is 5.55. The van der Waals surface area contributed by atoms with Crippen molar-refractivity contribution in [3.63, 3.8) is 0 Å². The molecule has 1 aromatic rings. The number of anilines is 1. The molecule has 66 valence electrons. The van der Waals surface area contributed by atoms with Gasteiger partial charge in [-0.15, -0.1) is 0 Å². The van der Waals surface area contributed by atoms with Gasteiger partial charge in [0.25, 0.3) is 0 Å². The molecule has 12 heavy (non-hydrogen) atoms. The van der Waals surface area contributed by atoms with Gasteiger partial charge in [-0.25, -0.2) is 0 Å². The zero-order valence-electron chi connectivity index (χ0n) is 5.93. The molecule has 0 heterocycles. The van der Waals surface area contributed by atoms with E-state index in [0.717, 1.165) is 0 Å². The van der Waals surface area contributed by atoms with Gasteiger partial charge in [-0.3, -0.25) is 0 Å². The first kappa shape index (κ1) is 9.06. The molecule has 5 heteroatoms. The second kappa shape index (κ2) is 3.58. The molecule has 0 spiro atoms. The van der Waals surface area contributed by atoms with Crippen LogP contribution < -0.4 is 10.5 Å². The molecular formula is C7H6ClF2NO. The number of nitrogen functional groups attached to an aromatic ring is 1. The van der Waals surface area contributed by atoms with Crippen LogP contribution in [0.4, 0.5) is 14.5 Å². The highest BCUT2D eigenvalue weighted by Crippen LogP contribution is 2.24. The number of rotatable bonds is 2. The van der Waals surface area contributed by atoms with Crippen LogP contribution in [0.2, 0.25) is 5.02 Å². The third-order valence-corrected chi connectivity index (χ3v) is 1.52. The molecule has 2 nitrogen and oxygen atoms in total. The standard InChI is InChI=1S/C7H6ClF2NO/c8-5-3-4(12-7(9)10)1-2-6(5)11/h1-3,7H,11H2. The first-order valence-corrected chi connectivity index (χ1v) is 3.47. The molecule has 0 aliphatic rings. The minimum atomic E-state index is -2.84. The molecule has 0 fully saturated rings. The third kappa shape index (κ3) is 2.23. The van der Waals surface area contributed by atoms with Crippen LogP contribution in [0.15, 0.2) is 18.2 Å². The number of ether oxygens (including phenoxy) is 1. The maximum absolute atomic E-state index is 11.7. The minimum absolute atomic E-state index is 0.00389. The van der Waals surface area contributed by atoms with Gasteiger partial charge in [0.2, 0.25) is 0 Å². The fourth-order valence-electron chi connectivity index (χ4n) is 0.684. The Labute approximate surface area is 72.9 Å². The van der Waals surface area contributed by atoms with E-state index in [1.54, 1.807) is 0 Å². The second-order valence-electron chi connectivity index (χ2n) is 2.06. The Bertz CT molecular complexity index is 280. The lowest BCUT2D eigenvalue weighted by Crippen LogP contribution is -2.01. The number of nitrogens with two attached hydrogens (primary N) is 1. The molecule has 2 N–H and O–H groups in total. The molecule has 1 rings (SSSR count). The van der Waals surface area contributed by atoms with Crippen LogP contribution in [-0.4, -0.2) is 6.61 Å². The maximum atomic E-state index is 11.7. The normalized spacial score (nSPS) is 10.3. The van der Waals surface area contributed by atoms with E-state index >= 15 is 0 Å². The molecule has 0 atom stereocenters. The average molecular weight is 194 g/mol. The molecular weight excluding hydrogens is 188 g/mol. The van der Waals surface area contributed by atoms with Crippen LogP contribution in [0.25, 0.3) is 0 Å². The predicted octanol–water partition coefficient (Wildman–Crippen LogP) is 2.52. The quantitative estimate of drug-likeness (QED) is 0.733. The van der Waals surface area contributed by atoms with Gasteiger partial charge >= 0.3 is 6.61 Å². The van der Waals surface area contributed by atoms with Gasteiger partial charge in [0.05, 0.1) is 10.7 Å². The summed E-state index contributed by atoms with van der Waals surface area (Å²) < 4.78 is 27.4. The number of hydrogen-bond donors (Lipinski definition) is 1. The van der Waals surface area contributed by atoms with Crippen molar-refractivity contribution < 1.29 is 13.5 Å². The number of alkyl halides is 2. The predicted molar refractivity (Wildman–Crippen MR) is 42.5 cm³/mol. The van der Waals surface area contributed by atoms with Crippen molar-refractivity contribution in [1.82, 2.24) is 0 Å². The SMILES string of the molecule is Nc1ccc(OC(F)F)cc1Cl. The summed E-state index contributed by atoms with van der Waals surface area (Å²) in [4.78, 5) is 0. The van der Waals surface area contributed by atoms with Crippen molar-refractivity contribution in [2.75, 3.05) is 5.73 Å². The summed E-state index contributed by atoms with van der Waals surface area (Å²) in [6.45, 7) is -2.84.